The number of nitrogens with two attached hydrogens (primary N) is 1. The first-order chi connectivity index (χ1) is 6.66. The lowest BCUT2D eigenvalue weighted by atomic mass is 10.1. The molecule has 72 valence electrons. The fourth-order valence-electron chi connectivity index (χ4n) is 1.18. The van der Waals surface area contributed by atoms with Crippen LogP contribution in [0.5, 0.6) is 0 Å². The molecule has 0 bridgehead atoms. The van der Waals surface area contributed by atoms with E-state index in [4.69, 9.17) is 5.73 Å². The van der Waals surface area contributed by atoms with E-state index in [1.54, 1.807) is 0 Å². The molecule has 5 heteroatoms. The molecule has 2 aromatic rings. The molecule has 0 saturated heterocycles. The Balaban J connectivity index is 2.55. The molecule has 0 saturated carbocycles. The van der Waals surface area contributed by atoms with Crippen LogP contribution in [0, 0.1) is 3.57 Å². The van der Waals surface area contributed by atoms with Crippen molar-refractivity contribution < 1.29 is 0 Å². The van der Waals surface area contributed by atoms with Crippen LogP contribution in [0.3, 0.4) is 0 Å². The van der Waals surface area contributed by atoms with Crippen molar-refractivity contribution in [2.24, 2.45) is 0 Å². The van der Waals surface area contributed by atoms with Gasteiger partial charge < -0.3 is 5.73 Å². The van der Waals surface area contributed by atoms with Gasteiger partial charge in [-0.3, -0.25) is 5.10 Å². The fourth-order valence-corrected chi connectivity index (χ4v) is 2.13. The zero-order valence-electron chi connectivity index (χ0n) is 7.09. The fraction of sp³-hybridized carbons (Fsp3) is 0. The van der Waals surface area contributed by atoms with Crippen molar-refractivity contribution in [3.63, 3.8) is 0 Å². The number of aromatic nitrogens is 2. The smallest absolute Gasteiger partial charge is 0.145 e. The third kappa shape index (κ3) is 1.93. The summed E-state index contributed by atoms with van der Waals surface area (Å²) in [7, 11) is 0. The van der Waals surface area contributed by atoms with Gasteiger partial charge in [0.1, 0.15) is 5.82 Å². The molecule has 0 aliphatic heterocycles. The van der Waals surface area contributed by atoms with Gasteiger partial charge in [-0.25, -0.2) is 0 Å². The van der Waals surface area contributed by atoms with Gasteiger partial charge in [-0.2, -0.15) is 5.10 Å². The van der Waals surface area contributed by atoms with E-state index in [1.165, 1.54) is 3.57 Å². The molecule has 0 aliphatic rings. The predicted molar refractivity (Wildman–Crippen MR) is 68.9 cm³/mol. The van der Waals surface area contributed by atoms with Crippen LogP contribution in [0.25, 0.3) is 11.3 Å². The van der Waals surface area contributed by atoms with Crippen LogP contribution in [-0.2, 0) is 0 Å². The molecule has 0 fully saturated rings. The maximum absolute atomic E-state index is 5.54. The molecule has 1 aromatic heterocycles. The number of halogens is 2. The van der Waals surface area contributed by atoms with E-state index < -0.39 is 0 Å². The number of anilines is 1. The van der Waals surface area contributed by atoms with Crippen molar-refractivity contribution in [2.45, 2.75) is 0 Å². The first kappa shape index (κ1) is 9.97. The van der Waals surface area contributed by atoms with E-state index in [0.29, 0.717) is 5.82 Å². The summed E-state index contributed by atoms with van der Waals surface area (Å²) in [5.41, 5.74) is 7.54. The number of hydrogen-bond donors (Lipinski definition) is 2. The monoisotopic (exact) mass is 363 g/mol. The highest BCUT2D eigenvalue weighted by Gasteiger charge is 2.06. The number of benzene rings is 1. The number of H-pyrrole nitrogens is 1. The largest absolute Gasteiger partial charge is 0.382 e. The van der Waals surface area contributed by atoms with Crippen molar-refractivity contribution in [1.29, 1.82) is 0 Å². The molecule has 1 heterocycles. The SMILES string of the molecule is Nc1cc(-c2cc(I)ccc2Br)[nH]n1. The minimum absolute atomic E-state index is 0.505. The summed E-state index contributed by atoms with van der Waals surface area (Å²) in [6.45, 7) is 0. The average molecular weight is 364 g/mol. The lowest BCUT2D eigenvalue weighted by molar-refractivity contribution is 1.10. The van der Waals surface area contributed by atoms with Crippen LogP contribution in [0.4, 0.5) is 5.82 Å². The van der Waals surface area contributed by atoms with Crippen LogP contribution in [0.1, 0.15) is 0 Å². The summed E-state index contributed by atoms with van der Waals surface area (Å²) in [4.78, 5) is 0. The van der Waals surface area contributed by atoms with E-state index in [2.05, 4.69) is 54.8 Å². The Morgan fingerprint density at radius 1 is 1.36 bits per heavy atom. The first-order valence-electron chi connectivity index (χ1n) is 3.93. The minimum atomic E-state index is 0.505. The van der Waals surface area contributed by atoms with Gasteiger partial charge in [-0.1, -0.05) is 15.9 Å². The van der Waals surface area contributed by atoms with Crippen molar-refractivity contribution in [2.75, 3.05) is 5.73 Å². The Labute approximate surface area is 103 Å². The number of hydrogen-bond acceptors (Lipinski definition) is 2. The molecular formula is C9H7BrIN3. The quantitative estimate of drug-likeness (QED) is 0.765. The Bertz CT molecular complexity index is 467. The number of nitrogens with zero attached hydrogens (tertiary/aromatic N) is 1. The van der Waals surface area contributed by atoms with Crippen molar-refractivity contribution in [3.8, 4) is 11.3 Å². The molecule has 1 aromatic carbocycles. The highest BCUT2D eigenvalue weighted by Crippen LogP contribution is 2.28. The molecule has 3 nitrogen and oxygen atoms in total. The second kappa shape index (κ2) is 3.90. The third-order valence-corrected chi connectivity index (χ3v) is 3.18. The van der Waals surface area contributed by atoms with Crippen LogP contribution in [-0.4, -0.2) is 10.2 Å². The molecule has 0 unspecified atom stereocenters. The van der Waals surface area contributed by atoms with Gasteiger partial charge in [0.25, 0.3) is 0 Å². The summed E-state index contributed by atoms with van der Waals surface area (Å²) in [5.74, 6) is 0.505. The Morgan fingerprint density at radius 2 is 2.14 bits per heavy atom. The maximum atomic E-state index is 5.54. The first-order valence-corrected chi connectivity index (χ1v) is 5.80. The number of nitrogens with one attached hydrogen (secondary N) is 1. The summed E-state index contributed by atoms with van der Waals surface area (Å²) >= 11 is 5.75. The number of nitrogen functional groups attached to an aromatic ring is 1. The zero-order valence-corrected chi connectivity index (χ0v) is 10.8. The highest BCUT2D eigenvalue weighted by molar-refractivity contribution is 14.1. The molecule has 0 radical (unpaired) electrons. The van der Waals surface area contributed by atoms with Gasteiger partial charge in [0.05, 0.1) is 5.69 Å². The lowest BCUT2D eigenvalue weighted by Gasteiger charge is -2.01. The van der Waals surface area contributed by atoms with Gasteiger partial charge in [-0.15, -0.1) is 0 Å². The van der Waals surface area contributed by atoms with E-state index in [9.17, 15) is 0 Å². The second-order valence-electron chi connectivity index (χ2n) is 2.83. The van der Waals surface area contributed by atoms with Crippen molar-refractivity contribution in [3.05, 3.63) is 32.3 Å². The third-order valence-electron chi connectivity index (χ3n) is 1.82. The average Bonchev–Trinajstić information content (AvgIpc) is 2.56. The van der Waals surface area contributed by atoms with Crippen LogP contribution < -0.4 is 5.73 Å². The highest BCUT2D eigenvalue weighted by atomic mass is 127. The van der Waals surface area contributed by atoms with Gasteiger partial charge in [0.2, 0.25) is 0 Å². The maximum Gasteiger partial charge on any atom is 0.145 e. The molecule has 0 atom stereocenters. The molecule has 0 amide bonds. The summed E-state index contributed by atoms with van der Waals surface area (Å²) in [6, 6.07) is 7.93. The Hall–Kier alpha value is -0.560. The Kier molecular flexibility index (Phi) is 2.78. The van der Waals surface area contributed by atoms with Crippen molar-refractivity contribution >= 4 is 44.3 Å². The minimum Gasteiger partial charge on any atom is -0.382 e. The topological polar surface area (TPSA) is 54.7 Å². The molecule has 3 N–H and O–H groups in total. The van der Waals surface area contributed by atoms with Gasteiger partial charge in [0.15, 0.2) is 0 Å². The molecule has 14 heavy (non-hydrogen) atoms. The zero-order chi connectivity index (χ0) is 10.1. The van der Waals surface area contributed by atoms with E-state index in [0.717, 1.165) is 15.7 Å². The van der Waals surface area contributed by atoms with Crippen LogP contribution in [0.15, 0.2) is 28.7 Å². The molecule has 2 rings (SSSR count). The normalized spacial score (nSPS) is 10.4. The standard InChI is InChI=1S/C9H7BrIN3/c10-7-2-1-5(11)3-6(7)8-4-9(12)14-13-8/h1-4H,(H3,12,13,14). The second-order valence-corrected chi connectivity index (χ2v) is 4.93. The number of aromatic amines is 1. The summed E-state index contributed by atoms with van der Waals surface area (Å²) in [6.07, 6.45) is 0. The Morgan fingerprint density at radius 3 is 2.79 bits per heavy atom. The van der Waals surface area contributed by atoms with Crippen LogP contribution >= 0.6 is 38.5 Å². The van der Waals surface area contributed by atoms with E-state index >= 15 is 0 Å². The molecule has 0 aliphatic carbocycles. The van der Waals surface area contributed by atoms with Gasteiger partial charge >= 0.3 is 0 Å². The lowest BCUT2D eigenvalue weighted by Crippen LogP contribution is -1.81. The predicted octanol–water partition coefficient (Wildman–Crippen LogP) is 3.03. The molecular weight excluding hydrogens is 357 g/mol. The van der Waals surface area contributed by atoms with E-state index in [-0.39, 0.29) is 0 Å². The summed E-state index contributed by atoms with van der Waals surface area (Å²) < 4.78 is 2.20. The van der Waals surface area contributed by atoms with Crippen molar-refractivity contribution in [1.82, 2.24) is 10.2 Å². The summed E-state index contributed by atoms with van der Waals surface area (Å²) in [5, 5.41) is 6.77. The van der Waals surface area contributed by atoms with Gasteiger partial charge in [0, 0.05) is 19.7 Å². The van der Waals surface area contributed by atoms with Crippen LogP contribution in [0.2, 0.25) is 0 Å². The number of rotatable bonds is 1. The van der Waals surface area contributed by atoms with E-state index in [1.807, 2.05) is 18.2 Å². The van der Waals surface area contributed by atoms with Gasteiger partial charge in [-0.05, 0) is 40.8 Å². The molecule has 0 spiro atoms.